The van der Waals surface area contributed by atoms with Crippen LogP contribution in [0.5, 0.6) is 0 Å². The Morgan fingerprint density at radius 1 is 1.16 bits per heavy atom. The second-order valence-electron chi connectivity index (χ2n) is 7.28. The molecule has 1 N–H and O–H groups in total. The highest BCUT2D eigenvalue weighted by Crippen LogP contribution is 2.27. The third-order valence-electron chi connectivity index (χ3n) is 5.30. The Bertz CT molecular complexity index is 1150. The van der Waals surface area contributed by atoms with Crippen LogP contribution in [0.2, 0.25) is 0 Å². The molecule has 3 heterocycles. The molecule has 1 unspecified atom stereocenters. The van der Waals surface area contributed by atoms with E-state index in [1.165, 1.54) is 24.3 Å². The molecule has 10 heteroatoms. The summed E-state index contributed by atoms with van der Waals surface area (Å²) in [6.45, 7) is 2.53. The van der Waals surface area contributed by atoms with E-state index in [0.717, 1.165) is 25.7 Å². The first-order chi connectivity index (χ1) is 15.0. The van der Waals surface area contributed by atoms with Crippen molar-refractivity contribution in [2.24, 2.45) is 0 Å². The number of anilines is 1. The topological polar surface area (TPSA) is 118 Å². The van der Waals surface area contributed by atoms with E-state index in [0.29, 0.717) is 12.2 Å². The van der Waals surface area contributed by atoms with Gasteiger partial charge in [0.05, 0.1) is 4.90 Å². The number of aromatic nitrogens is 3. The summed E-state index contributed by atoms with van der Waals surface area (Å²) in [5.74, 6) is -0.297. The van der Waals surface area contributed by atoms with Crippen molar-refractivity contribution in [1.29, 1.82) is 0 Å². The van der Waals surface area contributed by atoms with Gasteiger partial charge in [-0.05, 0) is 55.7 Å². The monoisotopic (exact) mass is 441 g/mol. The Kier molecular flexibility index (Phi) is 6.10. The van der Waals surface area contributed by atoms with Crippen molar-refractivity contribution in [3.05, 3.63) is 54.2 Å². The molecule has 1 aliphatic heterocycles. The number of carbonyl (C=O) groups is 1. The Hall–Kier alpha value is -3.11. The van der Waals surface area contributed by atoms with Crippen LogP contribution in [0.4, 0.5) is 6.01 Å². The van der Waals surface area contributed by atoms with Crippen LogP contribution in [-0.4, -0.2) is 46.4 Å². The van der Waals surface area contributed by atoms with Crippen LogP contribution in [0.15, 0.2) is 58.0 Å². The van der Waals surface area contributed by atoms with Gasteiger partial charge in [0.25, 0.3) is 11.8 Å². The number of sulfonamides is 1. The average Bonchev–Trinajstić information content (AvgIpc) is 3.28. The van der Waals surface area contributed by atoms with Crippen molar-refractivity contribution >= 4 is 21.9 Å². The maximum Gasteiger partial charge on any atom is 0.322 e. The molecule has 1 aromatic carbocycles. The van der Waals surface area contributed by atoms with E-state index >= 15 is 0 Å². The van der Waals surface area contributed by atoms with Crippen molar-refractivity contribution in [3.8, 4) is 11.6 Å². The van der Waals surface area contributed by atoms with Crippen LogP contribution in [0.3, 0.4) is 0 Å². The van der Waals surface area contributed by atoms with Crippen LogP contribution in [0.25, 0.3) is 11.6 Å². The smallest absolute Gasteiger partial charge is 0.322 e. The molecule has 1 fully saturated rings. The van der Waals surface area contributed by atoms with Crippen LogP contribution < -0.4 is 5.32 Å². The summed E-state index contributed by atoms with van der Waals surface area (Å²) in [5, 5.41) is 10.2. The van der Waals surface area contributed by atoms with Crippen LogP contribution in [-0.2, 0) is 10.0 Å². The van der Waals surface area contributed by atoms with E-state index in [4.69, 9.17) is 4.42 Å². The largest absolute Gasteiger partial charge is 0.401 e. The summed E-state index contributed by atoms with van der Waals surface area (Å²) in [7, 11) is -3.60. The molecular weight excluding hydrogens is 418 g/mol. The van der Waals surface area contributed by atoms with Crippen molar-refractivity contribution in [2.45, 2.75) is 43.5 Å². The van der Waals surface area contributed by atoms with E-state index in [9.17, 15) is 13.2 Å². The minimum atomic E-state index is -3.60. The molecule has 0 radical (unpaired) electrons. The second kappa shape index (κ2) is 8.94. The van der Waals surface area contributed by atoms with E-state index in [1.807, 2.05) is 6.92 Å². The van der Waals surface area contributed by atoms with Gasteiger partial charge in [0.1, 0.15) is 5.69 Å². The number of pyridine rings is 1. The molecular formula is C21H23N5O4S. The Morgan fingerprint density at radius 3 is 2.68 bits per heavy atom. The van der Waals surface area contributed by atoms with Gasteiger partial charge >= 0.3 is 6.01 Å². The van der Waals surface area contributed by atoms with Crippen LogP contribution in [0, 0.1) is 0 Å². The molecule has 1 aliphatic rings. The number of carbonyl (C=O) groups excluding carboxylic acids is 1. The van der Waals surface area contributed by atoms with Crippen LogP contribution in [0.1, 0.15) is 43.0 Å². The Labute approximate surface area is 180 Å². The van der Waals surface area contributed by atoms with E-state index in [2.05, 4.69) is 20.5 Å². The summed E-state index contributed by atoms with van der Waals surface area (Å²) < 4.78 is 33.1. The van der Waals surface area contributed by atoms with Gasteiger partial charge in [-0.3, -0.25) is 15.1 Å². The number of piperidine rings is 1. The normalized spacial score (nSPS) is 17.4. The summed E-state index contributed by atoms with van der Waals surface area (Å²) in [5.41, 5.74) is 0.773. The molecule has 1 amide bonds. The lowest BCUT2D eigenvalue weighted by Gasteiger charge is -2.34. The molecule has 0 bridgehead atoms. The Balaban J connectivity index is 1.47. The number of nitrogens with one attached hydrogen (secondary N) is 1. The summed E-state index contributed by atoms with van der Waals surface area (Å²) in [6, 6.07) is 11.1. The zero-order valence-corrected chi connectivity index (χ0v) is 17.9. The fourth-order valence-electron chi connectivity index (χ4n) is 3.65. The molecule has 31 heavy (non-hydrogen) atoms. The number of benzene rings is 1. The number of amides is 1. The molecule has 162 valence electrons. The number of hydrogen-bond donors (Lipinski definition) is 1. The summed E-state index contributed by atoms with van der Waals surface area (Å²) in [4.78, 5) is 16.8. The second-order valence-corrected chi connectivity index (χ2v) is 9.17. The van der Waals surface area contributed by atoms with E-state index in [1.54, 1.807) is 28.7 Å². The van der Waals surface area contributed by atoms with Gasteiger partial charge in [0, 0.05) is 24.3 Å². The summed E-state index contributed by atoms with van der Waals surface area (Å²) in [6.07, 6.45) is 5.16. The minimum Gasteiger partial charge on any atom is -0.401 e. The van der Waals surface area contributed by atoms with Gasteiger partial charge in [0.2, 0.25) is 10.0 Å². The molecule has 2 aromatic heterocycles. The predicted molar refractivity (Wildman–Crippen MR) is 114 cm³/mol. The lowest BCUT2D eigenvalue weighted by atomic mass is 10.0. The standard InChI is InChI=1S/C21H23N5O4S/c1-2-16-7-4-6-14-26(16)31(28,29)17-11-9-15(10-12-17)19(27)23-21-25-24-20(30-21)18-8-3-5-13-22-18/h3,5,8-13,16H,2,4,6-7,14H2,1H3,(H,23,25,27). The molecule has 9 nitrogen and oxygen atoms in total. The molecule has 1 saturated heterocycles. The zero-order valence-electron chi connectivity index (χ0n) is 17.1. The van der Waals surface area contributed by atoms with E-state index in [-0.39, 0.29) is 28.4 Å². The van der Waals surface area contributed by atoms with Crippen molar-refractivity contribution < 1.29 is 17.6 Å². The highest BCUT2D eigenvalue weighted by molar-refractivity contribution is 7.89. The zero-order chi connectivity index (χ0) is 21.8. The maximum atomic E-state index is 13.1. The third-order valence-corrected chi connectivity index (χ3v) is 7.26. The lowest BCUT2D eigenvalue weighted by Crippen LogP contribution is -2.43. The van der Waals surface area contributed by atoms with E-state index < -0.39 is 15.9 Å². The van der Waals surface area contributed by atoms with Gasteiger partial charge < -0.3 is 4.42 Å². The molecule has 3 aromatic rings. The number of rotatable bonds is 6. The van der Waals surface area contributed by atoms with Gasteiger partial charge in [-0.1, -0.05) is 24.5 Å². The third kappa shape index (κ3) is 4.49. The van der Waals surface area contributed by atoms with Crippen molar-refractivity contribution in [2.75, 3.05) is 11.9 Å². The van der Waals surface area contributed by atoms with Gasteiger partial charge in [-0.15, -0.1) is 5.10 Å². The first-order valence-electron chi connectivity index (χ1n) is 10.2. The average molecular weight is 442 g/mol. The van der Waals surface area contributed by atoms with Gasteiger partial charge in [-0.2, -0.15) is 4.31 Å². The Morgan fingerprint density at radius 2 is 1.97 bits per heavy atom. The molecule has 0 spiro atoms. The van der Waals surface area contributed by atoms with Crippen molar-refractivity contribution in [1.82, 2.24) is 19.5 Å². The first kappa shape index (κ1) is 21.1. The molecule has 0 aliphatic carbocycles. The van der Waals surface area contributed by atoms with Crippen LogP contribution >= 0.6 is 0 Å². The summed E-state index contributed by atoms with van der Waals surface area (Å²) >= 11 is 0. The molecule has 1 atom stereocenters. The fraction of sp³-hybridized carbons (Fsp3) is 0.333. The first-order valence-corrected chi connectivity index (χ1v) is 11.6. The number of hydrogen-bond acceptors (Lipinski definition) is 7. The van der Waals surface area contributed by atoms with Crippen molar-refractivity contribution in [3.63, 3.8) is 0 Å². The number of nitrogens with zero attached hydrogens (tertiary/aromatic N) is 4. The lowest BCUT2D eigenvalue weighted by molar-refractivity contribution is 0.102. The molecule has 4 rings (SSSR count). The SMILES string of the molecule is CCC1CCCCN1S(=O)(=O)c1ccc(C(=O)Nc2nnc(-c3ccccn3)o2)cc1. The van der Waals surface area contributed by atoms with Gasteiger partial charge in [-0.25, -0.2) is 8.42 Å². The maximum absolute atomic E-state index is 13.1. The minimum absolute atomic E-state index is 0.0209. The van der Waals surface area contributed by atoms with Gasteiger partial charge in [0.15, 0.2) is 0 Å². The highest BCUT2D eigenvalue weighted by atomic mass is 32.2. The fourth-order valence-corrected chi connectivity index (χ4v) is 5.42. The molecule has 0 saturated carbocycles. The predicted octanol–water partition coefficient (Wildman–Crippen LogP) is 3.34. The highest BCUT2D eigenvalue weighted by Gasteiger charge is 2.32. The quantitative estimate of drug-likeness (QED) is 0.623.